The first kappa shape index (κ1) is 22.7. The molecule has 4 rings (SSSR count). The van der Waals surface area contributed by atoms with Gasteiger partial charge in [-0.2, -0.15) is 13.2 Å². The van der Waals surface area contributed by atoms with Gasteiger partial charge in [-0.3, -0.25) is 14.9 Å². The molecule has 2 aliphatic rings. The fraction of sp³-hybridized carbons (Fsp3) is 0.409. The zero-order chi connectivity index (χ0) is 23.6. The van der Waals surface area contributed by atoms with Crippen molar-refractivity contribution in [2.45, 2.75) is 25.1 Å². The average molecular weight is 465 g/mol. The van der Waals surface area contributed by atoms with Crippen LogP contribution in [0.3, 0.4) is 0 Å². The van der Waals surface area contributed by atoms with Crippen LogP contribution in [0.15, 0.2) is 42.5 Å². The molecule has 1 unspecified atom stereocenters. The Labute approximate surface area is 187 Å². The van der Waals surface area contributed by atoms with Crippen LogP contribution in [0.25, 0.3) is 0 Å². The van der Waals surface area contributed by atoms with Gasteiger partial charge in [0.1, 0.15) is 18.4 Å². The number of piperidine rings is 1. The van der Waals surface area contributed by atoms with Crippen molar-refractivity contribution in [1.82, 2.24) is 5.32 Å². The lowest BCUT2D eigenvalue weighted by atomic mass is 9.95. The van der Waals surface area contributed by atoms with Gasteiger partial charge in [-0.25, -0.2) is 0 Å². The molecule has 0 aromatic heterocycles. The highest BCUT2D eigenvalue weighted by atomic mass is 19.4. The molecule has 33 heavy (non-hydrogen) atoms. The molecule has 0 spiro atoms. The van der Waals surface area contributed by atoms with Crippen LogP contribution in [0.5, 0.6) is 11.5 Å². The summed E-state index contributed by atoms with van der Waals surface area (Å²) in [4.78, 5) is 24.8. The van der Waals surface area contributed by atoms with Crippen molar-refractivity contribution in [2.24, 2.45) is 5.92 Å². The third-order valence-corrected chi connectivity index (χ3v) is 5.78. The number of alkyl halides is 3. The average Bonchev–Trinajstić information content (AvgIpc) is 2.81. The van der Waals surface area contributed by atoms with Crippen molar-refractivity contribution in [1.29, 1.82) is 0 Å². The van der Waals surface area contributed by atoms with Crippen LogP contribution in [0, 0.1) is 16.0 Å². The van der Waals surface area contributed by atoms with Gasteiger partial charge < -0.3 is 19.7 Å². The van der Waals surface area contributed by atoms with Crippen LogP contribution in [0.2, 0.25) is 0 Å². The number of hydrogen-bond donors (Lipinski definition) is 1. The van der Waals surface area contributed by atoms with E-state index in [1.165, 1.54) is 0 Å². The van der Waals surface area contributed by atoms with Gasteiger partial charge >= 0.3 is 6.18 Å². The third kappa shape index (κ3) is 5.12. The summed E-state index contributed by atoms with van der Waals surface area (Å²) in [5.74, 6) is 0.824. The molecular weight excluding hydrogens is 443 g/mol. The maximum absolute atomic E-state index is 12.9. The Morgan fingerprint density at radius 2 is 1.85 bits per heavy atom. The molecule has 2 aromatic rings. The molecule has 1 fully saturated rings. The molecule has 0 saturated carbocycles. The summed E-state index contributed by atoms with van der Waals surface area (Å²) >= 11 is 0. The second kappa shape index (κ2) is 9.16. The number of nitro groups is 1. The van der Waals surface area contributed by atoms with Gasteiger partial charge in [0.25, 0.3) is 5.69 Å². The highest BCUT2D eigenvalue weighted by Gasteiger charge is 2.35. The SMILES string of the molecule is O=C(NCC1COc2ccccc2O1)C1CCN(c2ccc(C(F)(F)F)cc2[N+](=O)[O-])CC1. The molecule has 0 aliphatic carbocycles. The minimum Gasteiger partial charge on any atom is -0.486 e. The first-order valence-electron chi connectivity index (χ1n) is 10.5. The van der Waals surface area contributed by atoms with Crippen LogP contribution in [0.4, 0.5) is 24.5 Å². The highest BCUT2D eigenvalue weighted by Crippen LogP contribution is 2.37. The smallest absolute Gasteiger partial charge is 0.416 e. The number of rotatable bonds is 5. The highest BCUT2D eigenvalue weighted by molar-refractivity contribution is 5.79. The molecule has 176 valence electrons. The minimum absolute atomic E-state index is 0.123. The van der Waals surface area contributed by atoms with E-state index >= 15 is 0 Å². The number of nitrogens with zero attached hydrogens (tertiary/aromatic N) is 2. The Hall–Kier alpha value is -3.50. The number of para-hydroxylation sites is 2. The van der Waals surface area contributed by atoms with E-state index in [1.807, 2.05) is 12.1 Å². The second-order valence-corrected chi connectivity index (χ2v) is 7.96. The molecule has 2 heterocycles. The van der Waals surface area contributed by atoms with Gasteiger partial charge in [-0.1, -0.05) is 12.1 Å². The molecule has 0 bridgehead atoms. The number of carbonyl (C=O) groups excluding carboxylic acids is 1. The fourth-order valence-corrected chi connectivity index (χ4v) is 4.02. The van der Waals surface area contributed by atoms with Crippen molar-refractivity contribution in [3.8, 4) is 11.5 Å². The van der Waals surface area contributed by atoms with E-state index in [2.05, 4.69) is 5.32 Å². The minimum atomic E-state index is -4.66. The van der Waals surface area contributed by atoms with E-state index in [0.717, 1.165) is 12.1 Å². The number of carbonyl (C=O) groups is 1. The number of anilines is 1. The van der Waals surface area contributed by atoms with Gasteiger partial charge in [0, 0.05) is 25.1 Å². The molecule has 1 N–H and O–H groups in total. The number of nitro benzene ring substituents is 1. The number of ether oxygens (including phenoxy) is 2. The number of halogens is 3. The molecule has 1 amide bonds. The number of benzene rings is 2. The monoisotopic (exact) mass is 465 g/mol. The zero-order valence-electron chi connectivity index (χ0n) is 17.5. The fourth-order valence-electron chi connectivity index (χ4n) is 4.02. The summed E-state index contributed by atoms with van der Waals surface area (Å²) in [5.41, 5.74) is -1.54. The summed E-state index contributed by atoms with van der Waals surface area (Å²) in [6, 6.07) is 9.79. The van der Waals surface area contributed by atoms with Crippen LogP contribution >= 0.6 is 0 Å². The first-order valence-corrected chi connectivity index (χ1v) is 10.5. The van der Waals surface area contributed by atoms with E-state index in [-0.39, 0.29) is 30.2 Å². The molecular formula is C22H22F3N3O5. The van der Waals surface area contributed by atoms with E-state index in [0.29, 0.717) is 50.1 Å². The standard InChI is InChI=1S/C22H22F3N3O5/c23-22(24,25)15-5-6-17(18(11-15)28(30)31)27-9-7-14(8-10-27)21(29)26-12-16-13-32-19-3-1-2-4-20(19)33-16/h1-6,11,14,16H,7-10,12-13H2,(H,26,29). The van der Waals surface area contributed by atoms with Gasteiger partial charge in [0.05, 0.1) is 17.0 Å². The summed E-state index contributed by atoms with van der Waals surface area (Å²) in [7, 11) is 0. The quantitative estimate of drug-likeness (QED) is 0.534. The topological polar surface area (TPSA) is 93.9 Å². The summed E-state index contributed by atoms with van der Waals surface area (Å²) in [6.07, 6.45) is -4.13. The largest absolute Gasteiger partial charge is 0.486 e. The molecule has 2 aliphatic heterocycles. The summed E-state index contributed by atoms with van der Waals surface area (Å²) in [5, 5.41) is 14.2. The Morgan fingerprint density at radius 3 is 2.52 bits per heavy atom. The van der Waals surface area contributed by atoms with Crippen LogP contribution < -0.4 is 19.7 Å². The first-order chi connectivity index (χ1) is 15.7. The Balaban J connectivity index is 1.32. The van der Waals surface area contributed by atoms with Gasteiger partial charge in [-0.05, 0) is 37.1 Å². The van der Waals surface area contributed by atoms with E-state index in [1.54, 1.807) is 17.0 Å². The van der Waals surface area contributed by atoms with E-state index < -0.39 is 22.4 Å². The number of nitrogens with one attached hydrogen (secondary N) is 1. The maximum atomic E-state index is 12.9. The molecule has 2 aromatic carbocycles. The predicted octanol–water partition coefficient (Wildman–Crippen LogP) is 3.79. The van der Waals surface area contributed by atoms with Gasteiger partial charge in [0.2, 0.25) is 5.91 Å². The molecule has 1 atom stereocenters. The number of hydrogen-bond acceptors (Lipinski definition) is 6. The van der Waals surface area contributed by atoms with E-state index in [4.69, 9.17) is 9.47 Å². The molecule has 0 radical (unpaired) electrons. The number of amides is 1. The Morgan fingerprint density at radius 1 is 1.15 bits per heavy atom. The van der Waals surface area contributed by atoms with Gasteiger partial charge in [-0.15, -0.1) is 0 Å². The van der Waals surface area contributed by atoms with Crippen molar-refractivity contribution in [2.75, 3.05) is 31.1 Å². The van der Waals surface area contributed by atoms with Crippen molar-refractivity contribution in [3.05, 3.63) is 58.1 Å². The van der Waals surface area contributed by atoms with Gasteiger partial charge in [0.15, 0.2) is 11.5 Å². The second-order valence-electron chi connectivity index (χ2n) is 7.96. The van der Waals surface area contributed by atoms with Crippen LogP contribution in [-0.2, 0) is 11.0 Å². The molecule has 1 saturated heterocycles. The Bertz CT molecular complexity index is 1040. The zero-order valence-corrected chi connectivity index (χ0v) is 17.5. The number of fused-ring (bicyclic) bond motifs is 1. The van der Waals surface area contributed by atoms with Crippen LogP contribution in [-0.4, -0.2) is 43.2 Å². The summed E-state index contributed by atoms with van der Waals surface area (Å²) < 4.78 is 50.2. The third-order valence-electron chi connectivity index (χ3n) is 5.78. The normalized spacial score (nSPS) is 18.6. The maximum Gasteiger partial charge on any atom is 0.416 e. The molecule has 11 heteroatoms. The van der Waals surface area contributed by atoms with E-state index in [9.17, 15) is 28.1 Å². The lowest BCUT2D eigenvalue weighted by Gasteiger charge is -2.33. The van der Waals surface area contributed by atoms with Crippen molar-refractivity contribution in [3.63, 3.8) is 0 Å². The lowest BCUT2D eigenvalue weighted by Crippen LogP contribution is -2.45. The predicted molar refractivity (Wildman–Crippen MR) is 112 cm³/mol. The van der Waals surface area contributed by atoms with Crippen LogP contribution in [0.1, 0.15) is 18.4 Å². The Kier molecular flexibility index (Phi) is 6.30. The summed E-state index contributed by atoms with van der Waals surface area (Å²) in [6.45, 7) is 1.23. The van der Waals surface area contributed by atoms with Crippen molar-refractivity contribution < 1.29 is 32.4 Å². The van der Waals surface area contributed by atoms with Crippen molar-refractivity contribution >= 4 is 17.3 Å². The lowest BCUT2D eigenvalue weighted by molar-refractivity contribution is -0.384. The molecule has 8 nitrogen and oxygen atoms in total.